The van der Waals surface area contributed by atoms with E-state index in [2.05, 4.69) is 28.8 Å². The summed E-state index contributed by atoms with van der Waals surface area (Å²) in [5.41, 5.74) is 1.23. The number of nitrogens with zero attached hydrogens (tertiary/aromatic N) is 2. The van der Waals surface area contributed by atoms with E-state index in [4.69, 9.17) is 0 Å². The van der Waals surface area contributed by atoms with Crippen molar-refractivity contribution in [1.29, 1.82) is 0 Å². The molecule has 0 radical (unpaired) electrons. The molecule has 2 rings (SSSR count). The molecule has 0 aromatic carbocycles. The Hall–Kier alpha value is -0.480. The highest BCUT2D eigenvalue weighted by Crippen LogP contribution is 2.39. The zero-order valence-corrected chi connectivity index (χ0v) is 11.7. The first-order valence-electron chi connectivity index (χ1n) is 6.89. The third-order valence-electron chi connectivity index (χ3n) is 3.30. The van der Waals surface area contributed by atoms with Crippen molar-refractivity contribution in [2.75, 3.05) is 6.54 Å². The third kappa shape index (κ3) is 3.75. The molecule has 0 amide bonds. The number of hydrogen-bond donors (Lipinski definition) is 1. The highest BCUT2D eigenvalue weighted by molar-refractivity contribution is 7.05. The zero-order chi connectivity index (χ0) is 12.1. The van der Waals surface area contributed by atoms with Crippen LogP contribution < -0.4 is 5.32 Å². The lowest BCUT2D eigenvalue weighted by molar-refractivity contribution is 0.476. The van der Waals surface area contributed by atoms with Crippen molar-refractivity contribution in [3.8, 4) is 0 Å². The van der Waals surface area contributed by atoms with Crippen molar-refractivity contribution < 1.29 is 0 Å². The zero-order valence-electron chi connectivity index (χ0n) is 10.9. The van der Waals surface area contributed by atoms with Gasteiger partial charge in [0.05, 0.1) is 10.6 Å². The molecule has 1 atom stereocenters. The fourth-order valence-corrected chi connectivity index (χ4v) is 2.96. The van der Waals surface area contributed by atoms with E-state index in [0.29, 0.717) is 6.04 Å². The second kappa shape index (κ2) is 6.45. The van der Waals surface area contributed by atoms with Gasteiger partial charge in [-0.15, -0.1) is 5.10 Å². The lowest BCUT2D eigenvalue weighted by Gasteiger charge is -2.17. The highest BCUT2D eigenvalue weighted by atomic mass is 32.1. The maximum Gasteiger partial charge on any atom is 0.0803 e. The molecule has 1 aromatic heterocycles. The van der Waals surface area contributed by atoms with Gasteiger partial charge in [-0.25, -0.2) is 0 Å². The van der Waals surface area contributed by atoms with Crippen LogP contribution in [0.5, 0.6) is 0 Å². The van der Waals surface area contributed by atoms with Crippen molar-refractivity contribution in [1.82, 2.24) is 14.9 Å². The molecule has 1 N–H and O–H groups in total. The Balaban J connectivity index is 2.02. The normalized spacial score (nSPS) is 17.3. The summed E-state index contributed by atoms with van der Waals surface area (Å²) >= 11 is 1.59. The van der Waals surface area contributed by atoms with E-state index < -0.39 is 0 Å². The van der Waals surface area contributed by atoms with E-state index in [1.165, 1.54) is 36.3 Å². The van der Waals surface area contributed by atoms with Gasteiger partial charge in [-0.1, -0.05) is 37.6 Å². The second-order valence-corrected chi connectivity index (χ2v) is 5.81. The van der Waals surface area contributed by atoms with Gasteiger partial charge in [-0.3, -0.25) is 0 Å². The van der Waals surface area contributed by atoms with E-state index in [0.717, 1.165) is 25.3 Å². The third-order valence-corrected chi connectivity index (χ3v) is 4.18. The molecule has 1 saturated carbocycles. The van der Waals surface area contributed by atoms with Crippen LogP contribution in [0, 0.1) is 5.92 Å². The van der Waals surface area contributed by atoms with Gasteiger partial charge in [0.15, 0.2) is 0 Å². The van der Waals surface area contributed by atoms with Gasteiger partial charge in [0, 0.05) is 6.04 Å². The summed E-state index contributed by atoms with van der Waals surface area (Å²) in [4.78, 5) is 1.40. The van der Waals surface area contributed by atoms with Crippen molar-refractivity contribution in [3.05, 3.63) is 10.6 Å². The summed E-state index contributed by atoms with van der Waals surface area (Å²) < 4.78 is 4.15. The predicted molar refractivity (Wildman–Crippen MR) is 72.3 cm³/mol. The van der Waals surface area contributed by atoms with Crippen LogP contribution in [0.15, 0.2) is 0 Å². The van der Waals surface area contributed by atoms with Crippen molar-refractivity contribution >= 4 is 11.5 Å². The van der Waals surface area contributed by atoms with Crippen LogP contribution in [0.4, 0.5) is 0 Å². The van der Waals surface area contributed by atoms with Crippen LogP contribution in [0.3, 0.4) is 0 Å². The molecule has 17 heavy (non-hydrogen) atoms. The lowest BCUT2D eigenvalue weighted by atomic mass is 10.1. The number of aromatic nitrogens is 2. The molecule has 1 aliphatic carbocycles. The summed E-state index contributed by atoms with van der Waals surface area (Å²) in [6, 6.07) is 0.504. The highest BCUT2D eigenvalue weighted by Gasteiger charge is 2.28. The summed E-state index contributed by atoms with van der Waals surface area (Å²) in [6.07, 6.45) is 7.53. The summed E-state index contributed by atoms with van der Waals surface area (Å²) in [7, 11) is 0. The molecule has 1 heterocycles. The molecule has 4 heteroatoms. The molecule has 0 saturated heterocycles. The Labute approximate surface area is 108 Å². The van der Waals surface area contributed by atoms with Gasteiger partial charge in [0.1, 0.15) is 0 Å². The van der Waals surface area contributed by atoms with Crippen LogP contribution >= 0.6 is 11.5 Å². The Morgan fingerprint density at radius 2 is 2.18 bits per heavy atom. The van der Waals surface area contributed by atoms with Crippen molar-refractivity contribution in [3.63, 3.8) is 0 Å². The SMILES string of the molecule is CCCNC(CC1CC1)c1snnc1CCC. The van der Waals surface area contributed by atoms with Gasteiger partial charge in [0.25, 0.3) is 0 Å². The number of aryl methyl sites for hydroxylation is 1. The van der Waals surface area contributed by atoms with Crippen LogP contribution in [0.1, 0.15) is 62.6 Å². The van der Waals surface area contributed by atoms with Crippen LogP contribution in [0.2, 0.25) is 0 Å². The Kier molecular flexibility index (Phi) is 4.92. The van der Waals surface area contributed by atoms with E-state index in [-0.39, 0.29) is 0 Å². The molecule has 1 fully saturated rings. The average molecular weight is 253 g/mol. The first-order valence-corrected chi connectivity index (χ1v) is 7.67. The first-order chi connectivity index (χ1) is 8.35. The molecule has 0 bridgehead atoms. The fourth-order valence-electron chi connectivity index (χ4n) is 2.18. The second-order valence-electron chi connectivity index (χ2n) is 5.02. The Morgan fingerprint density at radius 3 is 2.82 bits per heavy atom. The number of hydrogen-bond acceptors (Lipinski definition) is 4. The number of nitrogens with one attached hydrogen (secondary N) is 1. The minimum atomic E-state index is 0.504. The molecule has 96 valence electrons. The monoisotopic (exact) mass is 253 g/mol. The largest absolute Gasteiger partial charge is 0.309 e. The number of rotatable bonds is 8. The maximum atomic E-state index is 4.29. The van der Waals surface area contributed by atoms with Crippen molar-refractivity contribution in [2.45, 2.75) is 58.4 Å². The Morgan fingerprint density at radius 1 is 1.35 bits per heavy atom. The van der Waals surface area contributed by atoms with Crippen LogP contribution in [-0.4, -0.2) is 16.1 Å². The molecule has 3 nitrogen and oxygen atoms in total. The standard InChI is InChI=1S/C13H23N3S/c1-3-5-11-13(17-16-15-11)12(14-8-4-2)9-10-6-7-10/h10,12,14H,3-9H2,1-2H3. The summed E-state index contributed by atoms with van der Waals surface area (Å²) in [5.74, 6) is 0.945. The van der Waals surface area contributed by atoms with Crippen molar-refractivity contribution in [2.24, 2.45) is 5.92 Å². The van der Waals surface area contributed by atoms with E-state index in [1.54, 1.807) is 11.5 Å². The molecular formula is C13H23N3S. The Bertz CT molecular complexity index is 333. The first kappa shape index (κ1) is 13.0. The topological polar surface area (TPSA) is 37.8 Å². The van der Waals surface area contributed by atoms with Crippen LogP contribution in [-0.2, 0) is 6.42 Å². The molecular weight excluding hydrogens is 230 g/mol. The maximum absolute atomic E-state index is 4.29. The summed E-state index contributed by atoms with van der Waals surface area (Å²) in [5, 5.41) is 7.96. The quantitative estimate of drug-likeness (QED) is 0.772. The van der Waals surface area contributed by atoms with Gasteiger partial charge < -0.3 is 5.32 Å². The van der Waals surface area contributed by atoms with E-state index in [1.807, 2.05) is 0 Å². The van der Waals surface area contributed by atoms with Gasteiger partial charge in [-0.05, 0) is 43.3 Å². The molecule has 1 aromatic rings. The molecule has 0 aliphatic heterocycles. The smallest absolute Gasteiger partial charge is 0.0803 e. The lowest BCUT2D eigenvalue weighted by Crippen LogP contribution is -2.22. The predicted octanol–water partition coefficient (Wildman–Crippen LogP) is 3.33. The van der Waals surface area contributed by atoms with Crippen LogP contribution in [0.25, 0.3) is 0 Å². The average Bonchev–Trinajstić information content (AvgIpc) is 3.03. The van der Waals surface area contributed by atoms with Gasteiger partial charge in [0.2, 0.25) is 0 Å². The minimum absolute atomic E-state index is 0.504. The molecule has 1 aliphatic rings. The fraction of sp³-hybridized carbons (Fsp3) is 0.846. The summed E-state index contributed by atoms with van der Waals surface area (Å²) in [6.45, 7) is 5.53. The molecule has 0 spiro atoms. The van der Waals surface area contributed by atoms with E-state index >= 15 is 0 Å². The van der Waals surface area contributed by atoms with Gasteiger partial charge >= 0.3 is 0 Å². The minimum Gasteiger partial charge on any atom is -0.309 e. The molecule has 1 unspecified atom stereocenters. The van der Waals surface area contributed by atoms with Gasteiger partial charge in [-0.2, -0.15) is 0 Å². The van der Waals surface area contributed by atoms with E-state index in [9.17, 15) is 0 Å².